The van der Waals surface area contributed by atoms with Gasteiger partial charge < -0.3 is 0 Å². The Labute approximate surface area is 73.2 Å². The molecule has 1 heterocycles. The zero-order valence-corrected chi connectivity index (χ0v) is 8.05. The summed E-state index contributed by atoms with van der Waals surface area (Å²) >= 11 is 0. The van der Waals surface area contributed by atoms with Gasteiger partial charge in [0.05, 0.1) is 11.5 Å². The summed E-state index contributed by atoms with van der Waals surface area (Å²) in [4.78, 5) is 0. The summed E-state index contributed by atoms with van der Waals surface area (Å²) in [6.07, 6.45) is 1.36. The highest BCUT2D eigenvalue weighted by Gasteiger charge is 2.25. The minimum absolute atomic E-state index is 0.256. The Balaban J connectivity index is 2.51. The fourth-order valence-electron chi connectivity index (χ4n) is 1.37. The smallest absolute Gasteiger partial charge is 0.150 e. The number of hydrogen-bond donors (Lipinski definition) is 0. The Morgan fingerprint density at radius 3 is 2.33 bits per heavy atom. The first-order valence-electron chi connectivity index (χ1n) is 3.95. The summed E-state index contributed by atoms with van der Waals surface area (Å²) in [5.41, 5.74) is 0. The monoisotopic (exact) mass is 190 g/mol. The Bertz CT molecular complexity index is 247. The third-order valence-electron chi connectivity index (χ3n) is 2.28. The van der Waals surface area contributed by atoms with E-state index in [0.29, 0.717) is 12.8 Å². The van der Waals surface area contributed by atoms with Crippen molar-refractivity contribution < 1.29 is 8.42 Å². The average molecular weight is 190 g/mol. The first-order chi connectivity index (χ1) is 5.55. The van der Waals surface area contributed by atoms with Crippen LogP contribution in [0.5, 0.6) is 0 Å². The van der Waals surface area contributed by atoms with Crippen molar-refractivity contribution in [1.82, 2.24) is 5.01 Å². The number of rotatable bonds is 2. The summed E-state index contributed by atoms with van der Waals surface area (Å²) in [5, 5.41) is 5.49. The van der Waals surface area contributed by atoms with Gasteiger partial charge in [-0.25, -0.2) is 8.42 Å². The van der Waals surface area contributed by atoms with Gasteiger partial charge in [-0.2, -0.15) is 5.10 Å². The van der Waals surface area contributed by atoms with Gasteiger partial charge in [-0.1, -0.05) is 0 Å². The van der Waals surface area contributed by atoms with E-state index in [1.807, 2.05) is 7.05 Å². The Morgan fingerprint density at radius 1 is 1.42 bits per heavy atom. The summed E-state index contributed by atoms with van der Waals surface area (Å²) < 4.78 is 22.1. The molecule has 70 valence electrons. The number of hydrogen-bond acceptors (Lipinski definition) is 4. The number of nitrogens with zero attached hydrogens (tertiary/aromatic N) is 2. The van der Waals surface area contributed by atoms with Crippen molar-refractivity contribution in [1.29, 1.82) is 0 Å². The molecule has 12 heavy (non-hydrogen) atoms. The zero-order valence-electron chi connectivity index (χ0n) is 7.23. The van der Waals surface area contributed by atoms with Crippen LogP contribution in [0.15, 0.2) is 5.10 Å². The van der Waals surface area contributed by atoms with E-state index in [4.69, 9.17) is 0 Å². The molecule has 5 heteroatoms. The van der Waals surface area contributed by atoms with Crippen molar-refractivity contribution >= 4 is 16.6 Å². The van der Waals surface area contributed by atoms with Crippen molar-refractivity contribution in [3.8, 4) is 0 Å². The summed E-state index contributed by atoms with van der Waals surface area (Å²) in [6, 6.07) is 0.256. The maximum Gasteiger partial charge on any atom is 0.150 e. The molecule has 0 saturated carbocycles. The molecule has 1 fully saturated rings. The molecule has 1 rings (SSSR count). The lowest BCUT2D eigenvalue weighted by Crippen LogP contribution is -2.35. The van der Waals surface area contributed by atoms with Crippen molar-refractivity contribution in [2.24, 2.45) is 5.10 Å². The predicted molar refractivity (Wildman–Crippen MR) is 49.0 cm³/mol. The molecule has 1 saturated heterocycles. The molecule has 4 nitrogen and oxygen atoms in total. The molecule has 0 unspecified atom stereocenters. The summed E-state index contributed by atoms with van der Waals surface area (Å²) in [6.45, 7) is 3.40. The quantitative estimate of drug-likeness (QED) is 0.459. The van der Waals surface area contributed by atoms with E-state index in [0.717, 1.165) is 0 Å². The standard InChI is InChI=1S/C7H14N2O2S/c1-8-9(2)7-3-5-12(10,11)6-4-7/h7H,1,3-6H2,2H3. The lowest BCUT2D eigenvalue weighted by Gasteiger charge is -2.28. The molecule has 0 N–H and O–H groups in total. The van der Waals surface area contributed by atoms with Crippen molar-refractivity contribution in [2.75, 3.05) is 18.6 Å². The van der Waals surface area contributed by atoms with Crippen LogP contribution in [0.4, 0.5) is 0 Å². The molecule has 0 spiro atoms. The lowest BCUT2D eigenvalue weighted by atomic mass is 10.1. The Kier molecular flexibility index (Phi) is 2.72. The Hall–Kier alpha value is -0.580. The predicted octanol–water partition coefficient (Wildman–Crippen LogP) is 0.111. The van der Waals surface area contributed by atoms with Crippen molar-refractivity contribution in [3.63, 3.8) is 0 Å². The van der Waals surface area contributed by atoms with E-state index >= 15 is 0 Å². The largest absolute Gasteiger partial charge is 0.298 e. The van der Waals surface area contributed by atoms with Gasteiger partial charge in [0.15, 0.2) is 0 Å². The van der Waals surface area contributed by atoms with Crippen LogP contribution in [0.25, 0.3) is 0 Å². The van der Waals surface area contributed by atoms with Gasteiger partial charge in [-0.3, -0.25) is 5.01 Å². The van der Waals surface area contributed by atoms with Crippen LogP contribution >= 0.6 is 0 Å². The van der Waals surface area contributed by atoms with Gasteiger partial charge in [0.1, 0.15) is 9.84 Å². The van der Waals surface area contributed by atoms with Crippen molar-refractivity contribution in [2.45, 2.75) is 18.9 Å². The highest BCUT2D eigenvalue weighted by molar-refractivity contribution is 7.91. The molecule has 0 atom stereocenters. The van der Waals surface area contributed by atoms with Gasteiger partial charge in [0.2, 0.25) is 0 Å². The van der Waals surface area contributed by atoms with Crippen LogP contribution in [0, 0.1) is 0 Å². The van der Waals surface area contributed by atoms with Crippen LogP contribution in [-0.2, 0) is 9.84 Å². The molecule has 1 aliphatic heterocycles. The van der Waals surface area contributed by atoms with E-state index < -0.39 is 9.84 Å². The second-order valence-electron chi connectivity index (χ2n) is 3.10. The molecule has 0 bridgehead atoms. The van der Waals surface area contributed by atoms with E-state index in [9.17, 15) is 8.42 Å². The molecule has 1 aliphatic rings. The molecule has 0 radical (unpaired) electrons. The fraction of sp³-hybridized carbons (Fsp3) is 0.857. The third kappa shape index (κ3) is 2.20. The second-order valence-corrected chi connectivity index (χ2v) is 5.40. The highest BCUT2D eigenvalue weighted by Crippen LogP contribution is 2.16. The van der Waals surface area contributed by atoms with Crippen LogP contribution in [0.2, 0.25) is 0 Å². The maximum atomic E-state index is 11.0. The zero-order chi connectivity index (χ0) is 9.19. The molecule has 0 aliphatic carbocycles. The summed E-state index contributed by atoms with van der Waals surface area (Å²) in [5.74, 6) is 0.578. The number of sulfone groups is 1. The Morgan fingerprint density at radius 2 is 1.92 bits per heavy atom. The first-order valence-corrected chi connectivity index (χ1v) is 5.77. The fourth-order valence-corrected chi connectivity index (χ4v) is 2.83. The SMILES string of the molecule is C=NN(C)C1CCS(=O)(=O)CC1. The van der Waals surface area contributed by atoms with Crippen molar-refractivity contribution in [3.05, 3.63) is 0 Å². The van der Waals surface area contributed by atoms with Gasteiger partial charge in [-0.05, 0) is 12.8 Å². The minimum atomic E-state index is -2.75. The number of hydrazone groups is 1. The molecule has 0 aromatic heterocycles. The molecule has 0 aromatic carbocycles. The van der Waals surface area contributed by atoms with E-state index in [2.05, 4.69) is 11.8 Å². The van der Waals surface area contributed by atoms with E-state index in [1.54, 1.807) is 5.01 Å². The maximum absolute atomic E-state index is 11.0. The minimum Gasteiger partial charge on any atom is -0.298 e. The van der Waals surface area contributed by atoms with Gasteiger partial charge >= 0.3 is 0 Å². The first kappa shape index (κ1) is 9.51. The second kappa shape index (κ2) is 3.43. The van der Waals surface area contributed by atoms with Crippen LogP contribution < -0.4 is 0 Å². The molecule has 0 amide bonds. The van der Waals surface area contributed by atoms with Gasteiger partial charge in [-0.15, -0.1) is 0 Å². The lowest BCUT2D eigenvalue weighted by molar-refractivity contribution is 0.239. The van der Waals surface area contributed by atoms with Crippen LogP contribution in [0.1, 0.15) is 12.8 Å². The van der Waals surface area contributed by atoms with Gasteiger partial charge in [0.25, 0.3) is 0 Å². The topological polar surface area (TPSA) is 49.7 Å². The third-order valence-corrected chi connectivity index (χ3v) is 3.99. The molecular weight excluding hydrogens is 176 g/mol. The average Bonchev–Trinajstić information content (AvgIpc) is 2.03. The van der Waals surface area contributed by atoms with E-state index in [1.165, 1.54) is 0 Å². The van der Waals surface area contributed by atoms with Crippen LogP contribution in [0.3, 0.4) is 0 Å². The summed E-state index contributed by atoms with van der Waals surface area (Å²) in [7, 11) is -0.917. The molecular formula is C7H14N2O2S. The van der Waals surface area contributed by atoms with Gasteiger partial charge in [0, 0.05) is 19.8 Å². The molecule has 0 aromatic rings. The normalized spacial score (nSPS) is 23.4. The highest BCUT2D eigenvalue weighted by atomic mass is 32.2. The van der Waals surface area contributed by atoms with E-state index in [-0.39, 0.29) is 17.5 Å². The van der Waals surface area contributed by atoms with Crippen LogP contribution in [-0.4, -0.2) is 44.7 Å².